The van der Waals surface area contributed by atoms with Crippen molar-refractivity contribution in [3.8, 4) is 0 Å². The molecule has 74 valence electrons. The molecule has 0 radical (unpaired) electrons. The lowest BCUT2D eigenvalue weighted by molar-refractivity contribution is -0.138. The van der Waals surface area contributed by atoms with Gasteiger partial charge in [0, 0.05) is 6.42 Å². The number of carboxylic acid groups (broad SMARTS) is 1. The van der Waals surface area contributed by atoms with Crippen molar-refractivity contribution in [1.29, 1.82) is 0 Å². The van der Waals surface area contributed by atoms with E-state index in [0.29, 0.717) is 6.42 Å². The molecule has 14 heavy (non-hydrogen) atoms. The average Bonchev–Trinajstić information content (AvgIpc) is 2.17. The van der Waals surface area contributed by atoms with Gasteiger partial charge in [0.1, 0.15) is 6.29 Å². The largest absolute Gasteiger partial charge is 0.481 e. The first-order valence-electron chi connectivity index (χ1n) is 4.40. The van der Waals surface area contributed by atoms with Gasteiger partial charge in [-0.05, 0) is 18.1 Å². The molecule has 0 saturated heterocycles. The summed E-state index contributed by atoms with van der Waals surface area (Å²) in [6.07, 6.45) is 1.14. The third-order valence-electron chi connectivity index (χ3n) is 2.14. The average molecular weight is 192 g/mol. The summed E-state index contributed by atoms with van der Waals surface area (Å²) in [6.45, 7) is 1.63. The molecule has 0 heterocycles. The first-order chi connectivity index (χ1) is 6.65. The van der Waals surface area contributed by atoms with Crippen molar-refractivity contribution in [1.82, 2.24) is 0 Å². The van der Waals surface area contributed by atoms with Crippen LogP contribution in [0.2, 0.25) is 0 Å². The molecule has 0 spiro atoms. The van der Waals surface area contributed by atoms with Gasteiger partial charge in [0.15, 0.2) is 0 Å². The van der Waals surface area contributed by atoms with Gasteiger partial charge in [-0.2, -0.15) is 0 Å². The van der Waals surface area contributed by atoms with Crippen LogP contribution in [0.15, 0.2) is 24.3 Å². The molecular formula is C11H12O3. The van der Waals surface area contributed by atoms with E-state index < -0.39 is 11.9 Å². The zero-order valence-corrected chi connectivity index (χ0v) is 7.93. The summed E-state index contributed by atoms with van der Waals surface area (Å²) < 4.78 is 0. The summed E-state index contributed by atoms with van der Waals surface area (Å²) in [4.78, 5) is 21.0. The first kappa shape index (κ1) is 10.4. The zero-order valence-electron chi connectivity index (χ0n) is 7.93. The topological polar surface area (TPSA) is 54.4 Å². The maximum absolute atomic E-state index is 10.7. The van der Waals surface area contributed by atoms with E-state index in [0.717, 1.165) is 17.4 Å². The van der Waals surface area contributed by atoms with Crippen molar-refractivity contribution in [3.63, 3.8) is 0 Å². The number of rotatable bonds is 4. The Kier molecular flexibility index (Phi) is 3.40. The highest BCUT2D eigenvalue weighted by Crippen LogP contribution is 2.16. The second-order valence-electron chi connectivity index (χ2n) is 3.18. The molecule has 3 nitrogen and oxygen atoms in total. The van der Waals surface area contributed by atoms with Gasteiger partial charge in [-0.1, -0.05) is 24.3 Å². The Morgan fingerprint density at radius 2 is 2.29 bits per heavy atom. The van der Waals surface area contributed by atoms with E-state index in [1.54, 1.807) is 25.1 Å². The fraction of sp³-hybridized carbons (Fsp3) is 0.273. The molecule has 0 bridgehead atoms. The van der Waals surface area contributed by atoms with Crippen LogP contribution in [0.25, 0.3) is 0 Å². The molecule has 1 atom stereocenters. The summed E-state index contributed by atoms with van der Waals surface area (Å²) in [5, 5.41) is 8.79. The van der Waals surface area contributed by atoms with E-state index in [1.807, 2.05) is 6.07 Å². The number of aldehydes is 1. The molecule has 0 aliphatic heterocycles. The van der Waals surface area contributed by atoms with Crippen molar-refractivity contribution < 1.29 is 14.7 Å². The quantitative estimate of drug-likeness (QED) is 0.737. The monoisotopic (exact) mass is 192 g/mol. The van der Waals surface area contributed by atoms with E-state index in [1.165, 1.54) is 0 Å². The Bertz CT molecular complexity index is 344. The number of carbonyl (C=O) groups excluding carboxylic acids is 1. The van der Waals surface area contributed by atoms with E-state index in [2.05, 4.69) is 0 Å². The molecule has 0 aliphatic rings. The van der Waals surface area contributed by atoms with E-state index in [9.17, 15) is 9.59 Å². The van der Waals surface area contributed by atoms with Crippen LogP contribution in [-0.4, -0.2) is 17.4 Å². The van der Waals surface area contributed by atoms with Gasteiger partial charge in [-0.15, -0.1) is 0 Å². The fourth-order valence-corrected chi connectivity index (χ4v) is 1.23. The predicted molar refractivity (Wildman–Crippen MR) is 52.3 cm³/mol. The van der Waals surface area contributed by atoms with Crippen molar-refractivity contribution in [2.24, 2.45) is 0 Å². The predicted octanol–water partition coefficient (Wildman–Crippen LogP) is 1.62. The molecule has 1 aromatic rings. The molecule has 1 unspecified atom stereocenters. The molecule has 3 heteroatoms. The Labute approximate surface area is 82.4 Å². The van der Waals surface area contributed by atoms with E-state index in [4.69, 9.17) is 5.11 Å². The number of carboxylic acids is 1. The SMILES string of the molecule is CC(C(=O)O)c1cccc(CC=O)c1. The number of hydrogen-bond acceptors (Lipinski definition) is 2. The molecule has 1 aromatic carbocycles. The van der Waals surface area contributed by atoms with Gasteiger partial charge in [-0.3, -0.25) is 4.79 Å². The zero-order chi connectivity index (χ0) is 10.6. The van der Waals surface area contributed by atoms with Gasteiger partial charge in [0.05, 0.1) is 5.92 Å². The fourth-order valence-electron chi connectivity index (χ4n) is 1.23. The number of carbonyl (C=O) groups is 2. The highest BCUT2D eigenvalue weighted by atomic mass is 16.4. The standard InChI is InChI=1S/C11H12O3/c1-8(11(13)14)10-4-2-3-9(7-10)5-6-12/h2-4,6-8H,5H2,1H3,(H,13,14). The van der Waals surface area contributed by atoms with Crippen molar-refractivity contribution >= 4 is 12.3 Å². The number of benzene rings is 1. The lowest BCUT2D eigenvalue weighted by Crippen LogP contribution is -2.07. The van der Waals surface area contributed by atoms with Crippen molar-refractivity contribution in [2.45, 2.75) is 19.3 Å². The molecule has 0 aromatic heterocycles. The van der Waals surface area contributed by atoms with E-state index in [-0.39, 0.29) is 0 Å². The molecule has 0 aliphatic carbocycles. The van der Waals surface area contributed by atoms with Crippen LogP contribution in [0.3, 0.4) is 0 Å². The normalized spacial score (nSPS) is 12.1. The Morgan fingerprint density at radius 3 is 2.86 bits per heavy atom. The van der Waals surface area contributed by atoms with Crippen LogP contribution in [0.5, 0.6) is 0 Å². The van der Waals surface area contributed by atoms with Gasteiger partial charge < -0.3 is 9.90 Å². The van der Waals surface area contributed by atoms with Crippen LogP contribution in [0, 0.1) is 0 Å². The maximum atomic E-state index is 10.7. The summed E-state index contributed by atoms with van der Waals surface area (Å²) in [6, 6.07) is 7.10. The van der Waals surface area contributed by atoms with Crippen LogP contribution < -0.4 is 0 Å². The Hall–Kier alpha value is -1.64. The minimum Gasteiger partial charge on any atom is -0.481 e. The lowest BCUT2D eigenvalue weighted by atomic mass is 9.98. The third kappa shape index (κ3) is 2.42. The molecule has 0 amide bonds. The summed E-state index contributed by atoms with van der Waals surface area (Å²) >= 11 is 0. The van der Waals surface area contributed by atoms with Crippen LogP contribution in [0.4, 0.5) is 0 Å². The first-order valence-corrected chi connectivity index (χ1v) is 4.40. The Balaban J connectivity index is 2.92. The number of aliphatic carboxylic acids is 1. The Morgan fingerprint density at radius 1 is 1.57 bits per heavy atom. The maximum Gasteiger partial charge on any atom is 0.310 e. The minimum absolute atomic E-state index is 0.334. The van der Waals surface area contributed by atoms with Gasteiger partial charge in [0.2, 0.25) is 0 Å². The van der Waals surface area contributed by atoms with E-state index >= 15 is 0 Å². The third-order valence-corrected chi connectivity index (χ3v) is 2.14. The lowest BCUT2D eigenvalue weighted by Gasteiger charge is -2.07. The summed E-state index contributed by atoms with van der Waals surface area (Å²) in [5.41, 5.74) is 1.59. The van der Waals surface area contributed by atoms with Gasteiger partial charge >= 0.3 is 5.97 Å². The molecule has 0 fully saturated rings. The molecule has 1 N–H and O–H groups in total. The number of hydrogen-bond donors (Lipinski definition) is 1. The second kappa shape index (κ2) is 4.56. The minimum atomic E-state index is -0.853. The van der Waals surface area contributed by atoms with Gasteiger partial charge in [0.25, 0.3) is 0 Å². The molecular weight excluding hydrogens is 180 g/mol. The molecule has 0 saturated carbocycles. The summed E-state index contributed by atoms with van der Waals surface area (Å²) in [5.74, 6) is -1.38. The highest BCUT2D eigenvalue weighted by molar-refractivity contribution is 5.75. The molecule has 1 rings (SSSR count). The summed E-state index contributed by atoms with van der Waals surface area (Å²) in [7, 11) is 0. The smallest absolute Gasteiger partial charge is 0.310 e. The highest BCUT2D eigenvalue weighted by Gasteiger charge is 2.13. The van der Waals surface area contributed by atoms with Crippen LogP contribution in [-0.2, 0) is 16.0 Å². The van der Waals surface area contributed by atoms with Crippen molar-refractivity contribution in [3.05, 3.63) is 35.4 Å². The van der Waals surface area contributed by atoms with Crippen LogP contribution in [0.1, 0.15) is 24.0 Å². The van der Waals surface area contributed by atoms with Gasteiger partial charge in [-0.25, -0.2) is 0 Å². The van der Waals surface area contributed by atoms with Crippen LogP contribution >= 0.6 is 0 Å². The van der Waals surface area contributed by atoms with Crippen molar-refractivity contribution in [2.75, 3.05) is 0 Å². The second-order valence-corrected chi connectivity index (χ2v) is 3.18.